The molecule has 0 fully saturated rings. The van der Waals surface area contributed by atoms with Crippen LogP contribution in [0, 0.1) is 3.57 Å². The van der Waals surface area contributed by atoms with Gasteiger partial charge in [0.25, 0.3) is 0 Å². The Hall–Kier alpha value is -0.610. The lowest BCUT2D eigenvalue weighted by Crippen LogP contribution is -2.16. The van der Waals surface area contributed by atoms with Gasteiger partial charge in [0.05, 0.1) is 28.1 Å². The number of hydrogen-bond acceptors (Lipinski definition) is 3. The maximum atomic E-state index is 12.1. The maximum absolute atomic E-state index is 12.1. The van der Waals surface area contributed by atoms with Gasteiger partial charge in [-0.15, -0.1) is 0 Å². The first kappa shape index (κ1) is 15.8. The summed E-state index contributed by atoms with van der Waals surface area (Å²) in [4.78, 5) is 4.31. The molecule has 2 heterocycles. The first-order valence-corrected chi connectivity index (χ1v) is 7.64. The Labute approximate surface area is 136 Å². The van der Waals surface area contributed by atoms with Crippen LogP contribution in [0.15, 0.2) is 35.2 Å². The molecule has 4 nitrogen and oxygen atoms in total. The van der Waals surface area contributed by atoms with Gasteiger partial charge in [0.1, 0.15) is 0 Å². The summed E-state index contributed by atoms with van der Waals surface area (Å²) in [7, 11) is 0. The van der Waals surface area contributed by atoms with E-state index in [0.29, 0.717) is 6.42 Å². The molecule has 1 atom stereocenters. The fraction of sp³-hybridized carbons (Fsp3) is 0.333. The van der Waals surface area contributed by atoms with E-state index in [9.17, 15) is 8.78 Å². The molecule has 2 aromatic heterocycles. The molecule has 0 aliphatic rings. The molecule has 0 saturated carbocycles. The van der Waals surface area contributed by atoms with Gasteiger partial charge < -0.3 is 4.74 Å². The van der Waals surface area contributed by atoms with Crippen LogP contribution in [0.25, 0.3) is 0 Å². The fourth-order valence-electron chi connectivity index (χ4n) is 1.75. The van der Waals surface area contributed by atoms with E-state index in [0.717, 1.165) is 13.7 Å². The van der Waals surface area contributed by atoms with Crippen molar-refractivity contribution in [3.05, 3.63) is 44.5 Å². The number of nitrogens with zero attached hydrogens (tertiary/aromatic N) is 3. The minimum atomic E-state index is -2.76. The van der Waals surface area contributed by atoms with Gasteiger partial charge in [-0.2, -0.15) is 13.9 Å². The minimum Gasteiger partial charge on any atom is -0.323 e. The summed E-state index contributed by atoms with van der Waals surface area (Å²) in [5, 5.41) is 4.23. The van der Waals surface area contributed by atoms with Crippen molar-refractivity contribution in [3.63, 3.8) is 0 Å². The summed E-state index contributed by atoms with van der Waals surface area (Å²) < 4.78 is 32.0. The summed E-state index contributed by atoms with van der Waals surface area (Å²) in [5.41, 5.74) is 0.755. The van der Waals surface area contributed by atoms with Crippen LogP contribution in [-0.2, 0) is 4.74 Å². The van der Waals surface area contributed by atoms with E-state index in [1.807, 2.05) is 18.3 Å². The SMILES string of the molecule is FC(F)OCCC(c1ccc(Br)cn1)n1cc(I)cn1. The van der Waals surface area contributed by atoms with E-state index >= 15 is 0 Å². The molecule has 0 amide bonds. The van der Waals surface area contributed by atoms with E-state index < -0.39 is 6.61 Å². The molecule has 0 aliphatic heterocycles. The molecule has 108 valence electrons. The molecule has 0 spiro atoms. The Morgan fingerprint density at radius 3 is 2.70 bits per heavy atom. The van der Waals surface area contributed by atoms with Crippen LogP contribution in [0.3, 0.4) is 0 Å². The number of hydrogen-bond donors (Lipinski definition) is 0. The van der Waals surface area contributed by atoms with Crippen LogP contribution in [0.1, 0.15) is 18.2 Å². The number of ether oxygens (including phenoxy) is 1. The van der Waals surface area contributed by atoms with Crippen molar-refractivity contribution in [2.45, 2.75) is 19.1 Å². The lowest BCUT2D eigenvalue weighted by atomic mass is 10.1. The van der Waals surface area contributed by atoms with E-state index in [4.69, 9.17) is 0 Å². The summed E-state index contributed by atoms with van der Waals surface area (Å²) in [6.45, 7) is -2.82. The quantitative estimate of drug-likeness (QED) is 0.618. The summed E-state index contributed by atoms with van der Waals surface area (Å²) >= 11 is 5.46. The lowest BCUT2D eigenvalue weighted by Gasteiger charge is -2.17. The van der Waals surface area contributed by atoms with Crippen molar-refractivity contribution in [2.24, 2.45) is 0 Å². The Kier molecular flexibility index (Phi) is 5.85. The van der Waals surface area contributed by atoms with Gasteiger partial charge in [0.2, 0.25) is 0 Å². The summed E-state index contributed by atoms with van der Waals surface area (Å²) in [6.07, 6.45) is 5.60. The van der Waals surface area contributed by atoms with Gasteiger partial charge in [-0.25, -0.2) is 0 Å². The smallest absolute Gasteiger partial charge is 0.323 e. The van der Waals surface area contributed by atoms with E-state index in [1.165, 1.54) is 0 Å². The monoisotopic (exact) mass is 457 g/mol. The molecule has 0 saturated heterocycles. The second-order valence-corrected chi connectivity index (χ2v) is 6.14. The molecule has 0 aliphatic carbocycles. The van der Waals surface area contributed by atoms with Crippen molar-refractivity contribution in [3.8, 4) is 0 Å². The number of rotatable bonds is 6. The van der Waals surface area contributed by atoms with E-state index in [1.54, 1.807) is 17.1 Å². The van der Waals surface area contributed by atoms with Crippen LogP contribution >= 0.6 is 38.5 Å². The molecule has 2 aromatic rings. The average Bonchev–Trinajstić information content (AvgIpc) is 2.82. The fourth-order valence-corrected chi connectivity index (χ4v) is 2.40. The third-order valence-electron chi connectivity index (χ3n) is 2.62. The van der Waals surface area contributed by atoms with Gasteiger partial charge in [0.15, 0.2) is 0 Å². The molecule has 0 aromatic carbocycles. The molecule has 20 heavy (non-hydrogen) atoms. The predicted molar refractivity (Wildman–Crippen MR) is 81.6 cm³/mol. The lowest BCUT2D eigenvalue weighted by molar-refractivity contribution is -0.130. The Morgan fingerprint density at radius 1 is 1.35 bits per heavy atom. The van der Waals surface area contributed by atoms with Crippen LogP contribution in [0.2, 0.25) is 0 Å². The Balaban J connectivity index is 2.17. The molecule has 2 rings (SSSR count). The van der Waals surface area contributed by atoms with Crippen molar-refractivity contribution < 1.29 is 13.5 Å². The van der Waals surface area contributed by atoms with Crippen LogP contribution in [-0.4, -0.2) is 28.0 Å². The van der Waals surface area contributed by atoms with Gasteiger partial charge in [-0.3, -0.25) is 9.67 Å². The predicted octanol–water partition coefficient (Wildman–Crippen LogP) is 3.86. The van der Waals surface area contributed by atoms with Crippen LogP contribution in [0.5, 0.6) is 0 Å². The zero-order valence-electron chi connectivity index (χ0n) is 10.2. The highest BCUT2D eigenvalue weighted by Crippen LogP contribution is 2.22. The van der Waals surface area contributed by atoms with Crippen LogP contribution in [0.4, 0.5) is 8.78 Å². The second kappa shape index (κ2) is 7.41. The molecule has 8 heteroatoms. The zero-order chi connectivity index (χ0) is 14.5. The topological polar surface area (TPSA) is 39.9 Å². The van der Waals surface area contributed by atoms with E-state index in [2.05, 4.69) is 53.3 Å². The molecule has 0 bridgehead atoms. The second-order valence-electron chi connectivity index (χ2n) is 3.98. The molecule has 0 N–H and O–H groups in total. The van der Waals surface area contributed by atoms with Gasteiger partial charge >= 0.3 is 6.61 Å². The largest absolute Gasteiger partial charge is 0.345 e. The zero-order valence-corrected chi connectivity index (χ0v) is 14.0. The highest BCUT2D eigenvalue weighted by atomic mass is 127. The third-order valence-corrected chi connectivity index (χ3v) is 3.64. The summed E-state index contributed by atoms with van der Waals surface area (Å²) in [5.74, 6) is 0. The first-order valence-electron chi connectivity index (χ1n) is 5.77. The van der Waals surface area contributed by atoms with Gasteiger partial charge in [-0.05, 0) is 57.1 Å². The van der Waals surface area contributed by atoms with E-state index in [-0.39, 0.29) is 12.6 Å². The van der Waals surface area contributed by atoms with Crippen LogP contribution < -0.4 is 0 Å². The first-order chi connectivity index (χ1) is 9.56. The number of halogens is 4. The normalized spacial score (nSPS) is 12.8. The molecule has 0 radical (unpaired) electrons. The van der Waals surface area contributed by atoms with Crippen molar-refractivity contribution in [1.29, 1.82) is 0 Å². The highest BCUT2D eigenvalue weighted by molar-refractivity contribution is 14.1. The van der Waals surface area contributed by atoms with Crippen molar-refractivity contribution in [1.82, 2.24) is 14.8 Å². The average molecular weight is 458 g/mol. The molecular weight excluding hydrogens is 447 g/mol. The van der Waals surface area contributed by atoms with Gasteiger partial charge in [0, 0.05) is 16.9 Å². The Morgan fingerprint density at radius 2 is 2.15 bits per heavy atom. The number of pyridine rings is 1. The van der Waals surface area contributed by atoms with Gasteiger partial charge in [-0.1, -0.05) is 0 Å². The highest BCUT2D eigenvalue weighted by Gasteiger charge is 2.17. The van der Waals surface area contributed by atoms with Crippen molar-refractivity contribution >= 4 is 38.5 Å². The van der Waals surface area contributed by atoms with Crippen molar-refractivity contribution in [2.75, 3.05) is 6.61 Å². The molecular formula is C12H11BrF2IN3O. The molecule has 1 unspecified atom stereocenters. The summed E-state index contributed by atoms with van der Waals surface area (Å²) in [6, 6.07) is 3.47. The number of alkyl halides is 2. The minimum absolute atomic E-state index is 0.0590. The third kappa shape index (κ3) is 4.45. The Bertz CT molecular complexity index is 550. The maximum Gasteiger partial charge on any atom is 0.345 e. The number of aromatic nitrogens is 3. The standard InChI is InChI=1S/C12H11BrF2IN3O/c13-8-1-2-10(17-5-8)11(3-4-20-12(14)15)19-7-9(16)6-18-19/h1-2,5-7,11-12H,3-4H2.